The first-order chi connectivity index (χ1) is 15.3. The van der Waals surface area contributed by atoms with Gasteiger partial charge in [0, 0.05) is 24.7 Å². The summed E-state index contributed by atoms with van der Waals surface area (Å²) in [4.78, 5) is 36.4. The minimum atomic E-state index is -0.600. The van der Waals surface area contributed by atoms with Gasteiger partial charge in [-0.25, -0.2) is 9.97 Å². The monoisotopic (exact) mass is 431 g/mol. The molecule has 1 N–H and O–H groups in total. The van der Waals surface area contributed by atoms with Crippen LogP contribution in [0, 0.1) is 13.8 Å². The maximum atomic E-state index is 13.1. The quantitative estimate of drug-likeness (QED) is 0.689. The van der Waals surface area contributed by atoms with E-state index < -0.39 is 6.10 Å². The fourth-order valence-corrected chi connectivity index (χ4v) is 4.36. The Morgan fingerprint density at radius 3 is 2.72 bits per heavy atom. The Bertz CT molecular complexity index is 1260. The number of carbonyl (C=O) groups excluding carboxylic acids is 2. The number of nitrogens with one attached hydrogen (secondary N) is 1. The number of aromatic nitrogens is 3. The standard InChI is InChI=1S/C24H25N5O3/c1-13-20(28(4)15(3)26-13)12-29-22-21(32-14(2)24(29)31)8-7-19(27-22)17-6-5-16-9-10-25-23(30)18(16)11-17/h5-8,11,14H,9-10,12H2,1-4H3,(H,25,30)/t14-/m1/s1. The van der Waals surface area contributed by atoms with Crippen molar-refractivity contribution in [3.05, 3.63) is 58.7 Å². The number of fused-ring (bicyclic) bond motifs is 2. The molecule has 2 amide bonds. The molecule has 0 aliphatic carbocycles. The number of hydrogen-bond acceptors (Lipinski definition) is 5. The normalized spacial score (nSPS) is 17.5. The van der Waals surface area contributed by atoms with E-state index in [9.17, 15) is 9.59 Å². The Morgan fingerprint density at radius 1 is 1.16 bits per heavy atom. The zero-order valence-electron chi connectivity index (χ0n) is 18.6. The number of aryl methyl sites for hydroxylation is 2. The van der Waals surface area contributed by atoms with Gasteiger partial charge in [0.15, 0.2) is 17.7 Å². The van der Waals surface area contributed by atoms with Crippen molar-refractivity contribution in [2.24, 2.45) is 7.05 Å². The van der Waals surface area contributed by atoms with Gasteiger partial charge in [-0.15, -0.1) is 0 Å². The highest BCUT2D eigenvalue weighted by atomic mass is 16.5. The summed E-state index contributed by atoms with van der Waals surface area (Å²) in [6, 6.07) is 9.52. The highest BCUT2D eigenvalue weighted by Gasteiger charge is 2.34. The zero-order valence-corrected chi connectivity index (χ0v) is 18.6. The first-order valence-corrected chi connectivity index (χ1v) is 10.7. The summed E-state index contributed by atoms with van der Waals surface area (Å²) in [5, 5.41) is 2.88. The number of hydrogen-bond donors (Lipinski definition) is 1. The molecule has 8 heteroatoms. The summed E-state index contributed by atoms with van der Waals surface area (Å²) in [5.74, 6) is 1.71. The molecule has 0 saturated carbocycles. The van der Waals surface area contributed by atoms with Crippen LogP contribution in [0.2, 0.25) is 0 Å². The molecule has 0 radical (unpaired) electrons. The molecule has 5 rings (SSSR count). The molecule has 4 heterocycles. The van der Waals surface area contributed by atoms with Crippen molar-refractivity contribution in [3.8, 4) is 17.0 Å². The Balaban J connectivity index is 1.57. The minimum absolute atomic E-state index is 0.0675. The lowest BCUT2D eigenvalue weighted by Crippen LogP contribution is -2.45. The molecule has 8 nitrogen and oxygen atoms in total. The van der Waals surface area contributed by atoms with Gasteiger partial charge in [-0.3, -0.25) is 14.5 Å². The maximum absolute atomic E-state index is 13.1. The molecule has 32 heavy (non-hydrogen) atoms. The van der Waals surface area contributed by atoms with Crippen molar-refractivity contribution < 1.29 is 14.3 Å². The fraction of sp³-hybridized carbons (Fsp3) is 0.333. The van der Waals surface area contributed by atoms with Gasteiger partial charge in [0.1, 0.15) is 5.82 Å². The highest BCUT2D eigenvalue weighted by Crippen LogP contribution is 2.36. The van der Waals surface area contributed by atoms with Crippen molar-refractivity contribution in [1.29, 1.82) is 0 Å². The third kappa shape index (κ3) is 3.23. The van der Waals surface area contributed by atoms with Crippen molar-refractivity contribution >= 4 is 17.6 Å². The van der Waals surface area contributed by atoms with Crippen LogP contribution in [0.4, 0.5) is 5.82 Å². The van der Waals surface area contributed by atoms with Gasteiger partial charge in [-0.2, -0.15) is 0 Å². The molecule has 0 spiro atoms. The lowest BCUT2D eigenvalue weighted by molar-refractivity contribution is -0.125. The van der Waals surface area contributed by atoms with E-state index >= 15 is 0 Å². The maximum Gasteiger partial charge on any atom is 0.269 e. The van der Waals surface area contributed by atoms with E-state index in [0.717, 1.165) is 34.8 Å². The molecule has 1 aromatic carbocycles. The van der Waals surface area contributed by atoms with Gasteiger partial charge in [0.05, 0.1) is 23.6 Å². The Kier molecular flexibility index (Phi) is 4.73. The number of pyridine rings is 1. The zero-order chi connectivity index (χ0) is 22.6. The van der Waals surface area contributed by atoms with Crippen molar-refractivity contribution in [3.63, 3.8) is 0 Å². The summed E-state index contributed by atoms with van der Waals surface area (Å²) in [6.45, 7) is 6.64. The smallest absolute Gasteiger partial charge is 0.269 e. The second-order valence-corrected chi connectivity index (χ2v) is 8.33. The molecule has 164 valence electrons. The molecule has 0 fully saturated rings. The number of anilines is 1. The Hall–Kier alpha value is -3.68. The summed E-state index contributed by atoms with van der Waals surface area (Å²) >= 11 is 0. The first kappa shape index (κ1) is 20.2. The second kappa shape index (κ2) is 7.47. The minimum Gasteiger partial charge on any atom is -0.477 e. The first-order valence-electron chi connectivity index (χ1n) is 10.7. The lowest BCUT2D eigenvalue weighted by Gasteiger charge is -2.32. The van der Waals surface area contributed by atoms with Gasteiger partial charge in [-0.05, 0) is 51.0 Å². The number of nitrogens with zero attached hydrogens (tertiary/aromatic N) is 4. The molecule has 3 aromatic rings. The number of rotatable bonds is 3. The van der Waals surface area contributed by atoms with E-state index in [-0.39, 0.29) is 11.8 Å². The van der Waals surface area contributed by atoms with E-state index in [0.29, 0.717) is 35.9 Å². The molecule has 1 atom stereocenters. The van der Waals surface area contributed by atoms with Crippen LogP contribution in [-0.4, -0.2) is 39.0 Å². The lowest BCUT2D eigenvalue weighted by atomic mass is 9.96. The average molecular weight is 431 g/mol. The summed E-state index contributed by atoms with van der Waals surface area (Å²) in [6.07, 6.45) is 0.216. The average Bonchev–Trinajstić information content (AvgIpc) is 3.02. The Labute approximate surface area is 186 Å². The number of imidazole rings is 1. The van der Waals surface area contributed by atoms with Crippen molar-refractivity contribution in [1.82, 2.24) is 19.9 Å². The van der Waals surface area contributed by atoms with Gasteiger partial charge in [0.25, 0.3) is 11.8 Å². The van der Waals surface area contributed by atoms with Gasteiger partial charge >= 0.3 is 0 Å². The number of carbonyl (C=O) groups is 2. The topological polar surface area (TPSA) is 89.4 Å². The van der Waals surface area contributed by atoms with Gasteiger partial charge in [0.2, 0.25) is 0 Å². The van der Waals surface area contributed by atoms with E-state index in [1.807, 2.05) is 55.8 Å². The number of ether oxygens (including phenoxy) is 1. The molecule has 0 saturated heterocycles. The largest absolute Gasteiger partial charge is 0.477 e. The van der Waals surface area contributed by atoms with Crippen LogP contribution < -0.4 is 15.0 Å². The fourth-order valence-electron chi connectivity index (χ4n) is 4.36. The Morgan fingerprint density at radius 2 is 1.97 bits per heavy atom. The number of benzene rings is 1. The highest BCUT2D eigenvalue weighted by molar-refractivity contribution is 5.99. The summed E-state index contributed by atoms with van der Waals surface area (Å²) < 4.78 is 7.83. The molecule has 0 bridgehead atoms. The summed E-state index contributed by atoms with van der Waals surface area (Å²) in [5.41, 5.74) is 5.04. The molecular formula is C24H25N5O3. The van der Waals surface area contributed by atoms with E-state index in [2.05, 4.69) is 10.3 Å². The molecule has 2 aliphatic rings. The molecule has 2 aliphatic heterocycles. The van der Waals surface area contributed by atoms with E-state index in [4.69, 9.17) is 9.72 Å². The van der Waals surface area contributed by atoms with Crippen LogP contribution in [0.5, 0.6) is 5.75 Å². The van der Waals surface area contributed by atoms with Crippen molar-refractivity contribution in [2.45, 2.75) is 39.8 Å². The third-order valence-corrected chi connectivity index (χ3v) is 6.29. The van der Waals surface area contributed by atoms with Crippen LogP contribution in [0.15, 0.2) is 30.3 Å². The van der Waals surface area contributed by atoms with E-state index in [1.54, 1.807) is 11.8 Å². The van der Waals surface area contributed by atoms with Gasteiger partial charge < -0.3 is 14.6 Å². The molecule has 0 unspecified atom stereocenters. The molecule has 2 aromatic heterocycles. The van der Waals surface area contributed by atoms with Crippen LogP contribution >= 0.6 is 0 Å². The van der Waals surface area contributed by atoms with E-state index in [1.165, 1.54) is 0 Å². The van der Waals surface area contributed by atoms with Crippen molar-refractivity contribution in [2.75, 3.05) is 11.4 Å². The predicted octanol–water partition coefficient (Wildman–Crippen LogP) is 2.70. The van der Waals surface area contributed by atoms with Crippen LogP contribution in [0.3, 0.4) is 0 Å². The predicted molar refractivity (Wildman–Crippen MR) is 120 cm³/mol. The number of amides is 2. The van der Waals surface area contributed by atoms with Crippen LogP contribution in [0.1, 0.15) is 40.1 Å². The summed E-state index contributed by atoms with van der Waals surface area (Å²) in [7, 11) is 1.95. The second-order valence-electron chi connectivity index (χ2n) is 8.33. The van der Waals surface area contributed by atoms with Crippen LogP contribution in [-0.2, 0) is 24.8 Å². The third-order valence-electron chi connectivity index (χ3n) is 6.29. The molecular weight excluding hydrogens is 406 g/mol. The van der Waals surface area contributed by atoms with Crippen LogP contribution in [0.25, 0.3) is 11.3 Å². The SMILES string of the molecule is Cc1nc(C)n(C)c1CN1C(=O)[C@@H](C)Oc2ccc(-c3ccc4c(c3)C(=O)NCC4)nc21. The van der Waals surface area contributed by atoms with Gasteiger partial charge in [-0.1, -0.05) is 12.1 Å².